The Hall–Kier alpha value is -2.69. The van der Waals surface area contributed by atoms with Gasteiger partial charge in [0.05, 0.1) is 6.61 Å². The van der Waals surface area contributed by atoms with E-state index in [2.05, 4.69) is 15.5 Å². The fourth-order valence-electron chi connectivity index (χ4n) is 2.55. The number of esters is 2. The molecule has 1 aliphatic rings. The van der Waals surface area contributed by atoms with Gasteiger partial charge in [0.25, 0.3) is 0 Å². The zero-order chi connectivity index (χ0) is 24.2. The third-order valence-electron chi connectivity index (χ3n) is 4.07. The van der Waals surface area contributed by atoms with Crippen LogP contribution < -0.4 is 5.32 Å². The number of ether oxygens (including phenoxy) is 3. The molecule has 1 aromatic heterocycles. The van der Waals surface area contributed by atoms with E-state index in [1.54, 1.807) is 48.5 Å². The summed E-state index contributed by atoms with van der Waals surface area (Å²) in [5.41, 5.74) is -2.69. The minimum absolute atomic E-state index is 0.113. The molecule has 1 heterocycles. The summed E-state index contributed by atoms with van der Waals surface area (Å²) < 4.78 is 15.7. The second kappa shape index (κ2) is 9.85. The van der Waals surface area contributed by atoms with Crippen molar-refractivity contribution in [1.82, 2.24) is 4.98 Å². The number of nitrogens with one attached hydrogen (secondary N) is 1. The van der Waals surface area contributed by atoms with Gasteiger partial charge in [-0.25, -0.2) is 19.4 Å². The van der Waals surface area contributed by atoms with Crippen LogP contribution in [0.25, 0.3) is 0 Å². The van der Waals surface area contributed by atoms with Gasteiger partial charge in [0.15, 0.2) is 5.13 Å². The molecule has 0 bridgehead atoms. The first kappa shape index (κ1) is 25.6. The summed E-state index contributed by atoms with van der Waals surface area (Å²) in [4.78, 5) is 46.9. The summed E-state index contributed by atoms with van der Waals surface area (Å²) in [5, 5.41) is 8.18. The summed E-state index contributed by atoms with van der Waals surface area (Å²) >= 11 is 1.08. The average molecular weight is 470 g/mol. The predicted octanol–water partition coefficient (Wildman–Crippen LogP) is 4.04. The summed E-state index contributed by atoms with van der Waals surface area (Å²) in [7, 11) is 0. The van der Waals surface area contributed by atoms with E-state index in [0.29, 0.717) is 12.8 Å². The maximum atomic E-state index is 12.6. The van der Waals surface area contributed by atoms with Crippen LogP contribution >= 0.6 is 11.3 Å². The number of carbonyl (C=O) groups excluding carboxylic acids is 3. The van der Waals surface area contributed by atoms with Gasteiger partial charge in [0, 0.05) is 18.2 Å². The van der Waals surface area contributed by atoms with Crippen LogP contribution in [-0.4, -0.2) is 52.1 Å². The van der Waals surface area contributed by atoms with E-state index in [9.17, 15) is 14.4 Å². The maximum absolute atomic E-state index is 12.6. The molecular formula is C21H31N3O7S. The Morgan fingerprint density at radius 3 is 2.25 bits per heavy atom. The van der Waals surface area contributed by atoms with Gasteiger partial charge >= 0.3 is 18.0 Å². The van der Waals surface area contributed by atoms with Gasteiger partial charge in [-0.05, 0) is 54.9 Å². The Labute approximate surface area is 191 Å². The zero-order valence-corrected chi connectivity index (χ0v) is 20.4. The zero-order valence-electron chi connectivity index (χ0n) is 19.6. The van der Waals surface area contributed by atoms with Crippen LogP contribution in [0.1, 0.15) is 73.4 Å². The first-order chi connectivity index (χ1) is 14.7. The fourth-order valence-corrected chi connectivity index (χ4v) is 3.23. The first-order valence-corrected chi connectivity index (χ1v) is 11.3. The number of amides is 1. The SMILES string of the molecule is CCOC(=O)/C(=N\OC1(C(=O)OC(C)(C)C)CCC1)c1csc(NC(=O)OC(C)(C)C)n1. The van der Waals surface area contributed by atoms with Crippen molar-refractivity contribution in [1.29, 1.82) is 0 Å². The van der Waals surface area contributed by atoms with Gasteiger partial charge in [-0.15, -0.1) is 11.3 Å². The van der Waals surface area contributed by atoms with Gasteiger partial charge in [0.1, 0.15) is 16.9 Å². The standard InChI is InChI=1S/C21H31N3O7S/c1-8-28-15(25)14(13-12-32-17(22-13)23-18(27)30-20(5,6)7)24-31-21(10-9-11-21)16(26)29-19(2,3)4/h12H,8-11H2,1-7H3,(H,22,23,27)/b24-14-. The Kier molecular flexibility index (Phi) is 7.87. The number of anilines is 1. The van der Waals surface area contributed by atoms with E-state index >= 15 is 0 Å². The van der Waals surface area contributed by atoms with E-state index in [4.69, 9.17) is 19.0 Å². The normalized spacial score (nSPS) is 15.9. The molecule has 0 spiro atoms. The molecule has 178 valence electrons. The summed E-state index contributed by atoms with van der Waals surface area (Å²) in [6.07, 6.45) is 0.931. The van der Waals surface area contributed by atoms with Crippen molar-refractivity contribution in [2.75, 3.05) is 11.9 Å². The molecular weight excluding hydrogens is 438 g/mol. The molecule has 0 saturated heterocycles. The highest BCUT2D eigenvalue weighted by Gasteiger charge is 2.50. The molecule has 10 nitrogen and oxygen atoms in total. The monoisotopic (exact) mass is 469 g/mol. The number of thiazole rings is 1. The highest BCUT2D eigenvalue weighted by Crippen LogP contribution is 2.38. The largest absolute Gasteiger partial charge is 0.461 e. The number of nitrogens with zero attached hydrogens (tertiary/aromatic N) is 2. The number of aromatic nitrogens is 1. The number of rotatable bonds is 7. The van der Waals surface area contributed by atoms with Gasteiger partial charge in [-0.1, -0.05) is 5.16 Å². The van der Waals surface area contributed by atoms with Crippen LogP contribution in [0.5, 0.6) is 0 Å². The summed E-state index contributed by atoms with van der Waals surface area (Å²) in [6, 6.07) is 0. The molecule has 32 heavy (non-hydrogen) atoms. The molecule has 0 aromatic carbocycles. The molecule has 1 amide bonds. The van der Waals surface area contributed by atoms with Crippen molar-refractivity contribution in [3.8, 4) is 0 Å². The lowest BCUT2D eigenvalue weighted by atomic mass is 9.80. The van der Waals surface area contributed by atoms with E-state index in [-0.39, 0.29) is 23.1 Å². The van der Waals surface area contributed by atoms with Crippen molar-refractivity contribution >= 4 is 40.2 Å². The first-order valence-electron chi connectivity index (χ1n) is 10.4. The highest BCUT2D eigenvalue weighted by molar-refractivity contribution is 7.14. The topological polar surface area (TPSA) is 125 Å². The third-order valence-corrected chi connectivity index (χ3v) is 4.82. The lowest BCUT2D eigenvalue weighted by Crippen LogP contribution is -2.50. The molecule has 1 N–H and O–H groups in total. The number of oxime groups is 1. The molecule has 1 fully saturated rings. The maximum Gasteiger partial charge on any atom is 0.413 e. The average Bonchev–Trinajstić information content (AvgIpc) is 3.01. The van der Waals surface area contributed by atoms with Crippen LogP contribution in [0.15, 0.2) is 10.5 Å². The van der Waals surface area contributed by atoms with Crippen molar-refractivity contribution < 1.29 is 33.4 Å². The summed E-state index contributed by atoms with van der Waals surface area (Å²) in [6.45, 7) is 12.3. The Morgan fingerprint density at radius 2 is 1.75 bits per heavy atom. The number of carbonyl (C=O) groups is 3. The lowest BCUT2D eigenvalue weighted by Gasteiger charge is -2.38. The molecule has 1 aliphatic carbocycles. The van der Waals surface area contributed by atoms with Gasteiger partial charge in [-0.3, -0.25) is 5.32 Å². The molecule has 11 heteroatoms. The molecule has 0 unspecified atom stereocenters. The number of hydrogen-bond donors (Lipinski definition) is 1. The van der Waals surface area contributed by atoms with Crippen LogP contribution in [0.2, 0.25) is 0 Å². The van der Waals surface area contributed by atoms with Gasteiger partial charge in [-0.2, -0.15) is 0 Å². The van der Waals surface area contributed by atoms with Crippen LogP contribution in [-0.2, 0) is 28.6 Å². The molecule has 1 saturated carbocycles. The third kappa shape index (κ3) is 7.18. The summed E-state index contributed by atoms with van der Waals surface area (Å²) in [5.74, 6) is -1.30. The highest BCUT2D eigenvalue weighted by atomic mass is 32.1. The molecule has 0 atom stereocenters. The Bertz CT molecular complexity index is 877. The molecule has 0 radical (unpaired) electrons. The molecule has 0 aliphatic heterocycles. The second-order valence-electron chi connectivity index (χ2n) is 9.27. The minimum Gasteiger partial charge on any atom is -0.461 e. The van der Waals surface area contributed by atoms with E-state index < -0.39 is 34.8 Å². The van der Waals surface area contributed by atoms with Crippen molar-refractivity contribution in [2.45, 2.75) is 84.5 Å². The fraction of sp³-hybridized carbons (Fsp3) is 0.667. The van der Waals surface area contributed by atoms with Crippen LogP contribution in [0.3, 0.4) is 0 Å². The van der Waals surface area contributed by atoms with Crippen LogP contribution in [0.4, 0.5) is 9.93 Å². The lowest BCUT2D eigenvalue weighted by molar-refractivity contribution is -0.196. The van der Waals surface area contributed by atoms with Gasteiger partial charge < -0.3 is 19.0 Å². The van der Waals surface area contributed by atoms with Crippen LogP contribution in [0, 0.1) is 0 Å². The predicted molar refractivity (Wildman–Crippen MR) is 119 cm³/mol. The molecule has 2 rings (SSSR count). The van der Waals surface area contributed by atoms with E-state index in [1.807, 2.05) is 0 Å². The Balaban J connectivity index is 2.23. The van der Waals surface area contributed by atoms with Crippen molar-refractivity contribution in [2.24, 2.45) is 5.16 Å². The van der Waals surface area contributed by atoms with Crippen molar-refractivity contribution in [3.05, 3.63) is 11.1 Å². The minimum atomic E-state index is -1.25. The smallest absolute Gasteiger partial charge is 0.413 e. The van der Waals surface area contributed by atoms with E-state index in [0.717, 1.165) is 17.8 Å². The second-order valence-corrected chi connectivity index (χ2v) is 10.1. The van der Waals surface area contributed by atoms with Crippen molar-refractivity contribution in [3.63, 3.8) is 0 Å². The van der Waals surface area contributed by atoms with E-state index in [1.165, 1.54) is 5.38 Å². The molecule has 1 aromatic rings. The van der Waals surface area contributed by atoms with Gasteiger partial charge in [0.2, 0.25) is 11.3 Å². The Morgan fingerprint density at radius 1 is 1.12 bits per heavy atom. The quantitative estimate of drug-likeness (QED) is 0.274. The number of hydrogen-bond acceptors (Lipinski definition) is 10.